The van der Waals surface area contributed by atoms with E-state index in [1.165, 1.54) is 27.6 Å². The number of carbonyl (C=O) groups is 2. The molecule has 1 N–H and O–H groups in total. The van der Waals surface area contributed by atoms with Crippen molar-refractivity contribution in [3.8, 4) is 0 Å². The van der Waals surface area contributed by atoms with Crippen molar-refractivity contribution in [2.24, 2.45) is 0 Å². The van der Waals surface area contributed by atoms with E-state index in [9.17, 15) is 9.59 Å². The van der Waals surface area contributed by atoms with Gasteiger partial charge >= 0.3 is 0 Å². The van der Waals surface area contributed by atoms with Crippen LogP contribution in [-0.4, -0.2) is 38.4 Å². The molecule has 0 fully saturated rings. The minimum Gasteiger partial charge on any atom is -0.377 e. The van der Waals surface area contributed by atoms with E-state index in [0.717, 1.165) is 31.4 Å². The summed E-state index contributed by atoms with van der Waals surface area (Å²) < 4.78 is 0. The lowest BCUT2D eigenvalue weighted by Gasteiger charge is -2.28. The molecule has 4 rings (SSSR count). The fourth-order valence-electron chi connectivity index (χ4n) is 5.08. The van der Waals surface area contributed by atoms with Crippen LogP contribution < -0.4 is 15.1 Å². The molecular formula is C30H37N3O2. The first kappa shape index (κ1) is 24.8. The van der Waals surface area contributed by atoms with Gasteiger partial charge in [-0.25, -0.2) is 0 Å². The Morgan fingerprint density at radius 2 is 1.71 bits per heavy atom. The molecule has 5 nitrogen and oxygen atoms in total. The van der Waals surface area contributed by atoms with Crippen molar-refractivity contribution in [2.45, 2.75) is 58.0 Å². The van der Waals surface area contributed by atoms with Crippen LogP contribution in [0.15, 0.2) is 60.7 Å². The average molecular weight is 472 g/mol. The number of hydrogen-bond donors (Lipinski definition) is 1. The van der Waals surface area contributed by atoms with E-state index in [4.69, 9.17) is 0 Å². The molecule has 1 aliphatic rings. The molecule has 1 amide bonds. The molecule has 184 valence electrons. The molecule has 1 aliphatic heterocycles. The molecule has 0 spiro atoms. The fraction of sp³-hybridized carbons (Fsp3) is 0.400. The predicted octanol–water partition coefficient (Wildman–Crippen LogP) is 5.49. The second kappa shape index (κ2) is 11.4. The number of rotatable bonds is 11. The average Bonchev–Trinajstić information content (AvgIpc) is 3.24. The van der Waals surface area contributed by atoms with E-state index < -0.39 is 0 Å². The van der Waals surface area contributed by atoms with Crippen LogP contribution >= 0.6 is 0 Å². The molecule has 1 atom stereocenters. The van der Waals surface area contributed by atoms with Crippen LogP contribution in [0.25, 0.3) is 10.8 Å². The number of nitrogens with one attached hydrogen (secondary N) is 1. The van der Waals surface area contributed by atoms with E-state index in [0.29, 0.717) is 31.7 Å². The van der Waals surface area contributed by atoms with Crippen LogP contribution in [0.4, 0.5) is 11.4 Å². The van der Waals surface area contributed by atoms with Crippen LogP contribution in [0.5, 0.6) is 0 Å². The molecule has 0 saturated carbocycles. The Morgan fingerprint density at radius 3 is 2.51 bits per heavy atom. The lowest BCUT2D eigenvalue weighted by molar-refractivity contribution is -0.122. The largest absolute Gasteiger partial charge is 0.377 e. The number of anilines is 2. The summed E-state index contributed by atoms with van der Waals surface area (Å²) in [6, 6.07) is 21.0. The van der Waals surface area contributed by atoms with E-state index in [-0.39, 0.29) is 11.9 Å². The van der Waals surface area contributed by atoms with E-state index in [2.05, 4.69) is 89.9 Å². The first-order chi connectivity index (χ1) is 17.0. The number of benzene rings is 3. The van der Waals surface area contributed by atoms with E-state index in [1.54, 1.807) is 0 Å². The van der Waals surface area contributed by atoms with Gasteiger partial charge in [0.2, 0.25) is 5.91 Å². The van der Waals surface area contributed by atoms with Gasteiger partial charge < -0.3 is 15.1 Å². The summed E-state index contributed by atoms with van der Waals surface area (Å²) in [5.41, 5.74) is 4.79. The highest BCUT2D eigenvalue weighted by Crippen LogP contribution is 2.35. The molecule has 35 heavy (non-hydrogen) atoms. The number of fused-ring (bicyclic) bond motifs is 2. The first-order valence-electron chi connectivity index (χ1n) is 12.8. The predicted molar refractivity (Wildman–Crippen MR) is 145 cm³/mol. The van der Waals surface area contributed by atoms with E-state index >= 15 is 0 Å². The number of carbonyl (C=O) groups excluding carboxylic acids is 2. The van der Waals surface area contributed by atoms with Crippen molar-refractivity contribution in [1.82, 2.24) is 5.32 Å². The number of amides is 1. The van der Waals surface area contributed by atoms with Crippen molar-refractivity contribution in [3.05, 3.63) is 71.8 Å². The summed E-state index contributed by atoms with van der Waals surface area (Å²) in [6.45, 7) is 3.25. The van der Waals surface area contributed by atoms with Gasteiger partial charge in [0.1, 0.15) is 11.8 Å². The van der Waals surface area contributed by atoms with E-state index in [1.807, 2.05) is 6.92 Å². The zero-order valence-corrected chi connectivity index (χ0v) is 21.2. The lowest BCUT2D eigenvalue weighted by Crippen LogP contribution is -2.45. The number of nitrogens with zero attached hydrogens (tertiary/aromatic N) is 2. The third-order valence-electron chi connectivity index (χ3n) is 7.03. The zero-order chi connectivity index (χ0) is 24.8. The zero-order valence-electron chi connectivity index (χ0n) is 21.2. The monoisotopic (exact) mass is 471 g/mol. The summed E-state index contributed by atoms with van der Waals surface area (Å²) in [7, 11) is 4.14. The Balaban J connectivity index is 1.49. The number of unbranched alkanes of at least 4 members (excludes halogenated alkanes) is 2. The molecule has 3 aromatic carbocycles. The Kier molecular flexibility index (Phi) is 8.06. The molecule has 0 radical (unpaired) electrons. The SMILES string of the molecule is CCC(=O)CCCCCNC(=O)C1Cc2ccccc2N1Cc1cccc2c(N(C)C)cccc12. The molecule has 3 aromatic rings. The molecule has 0 aliphatic carbocycles. The van der Waals surface area contributed by atoms with Crippen molar-refractivity contribution >= 4 is 33.8 Å². The van der Waals surface area contributed by atoms with Crippen molar-refractivity contribution in [3.63, 3.8) is 0 Å². The molecular weight excluding hydrogens is 434 g/mol. The molecule has 0 bridgehead atoms. The van der Waals surface area contributed by atoms with Crippen molar-refractivity contribution < 1.29 is 9.59 Å². The second-order valence-corrected chi connectivity index (χ2v) is 9.65. The quantitative estimate of drug-likeness (QED) is 0.376. The third-order valence-corrected chi connectivity index (χ3v) is 7.03. The molecule has 0 saturated heterocycles. The standard InChI is InChI=1S/C30H37N3O2/c1-4-24(34)14-6-5-9-19-31-30(35)29-20-22-12-7-8-17-27(22)33(29)21-23-13-10-16-26-25(23)15-11-18-28(26)32(2)3/h7-8,10-13,15-18,29H,4-6,9,14,19-21H2,1-3H3,(H,31,35). The topological polar surface area (TPSA) is 52.7 Å². The van der Waals surface area contributed by atoms with Gasteiger partial charge in [0.05, 0.1) is 0 Å². The smallest absolute Gasteiger partial charge is 0.243 e. The number of Topliss-reactive ketones (excluding diaryl/α,β-unsaturated/α-hetero) is 1. The minimum absolute atomic E-state index is 0.0834. The molecule has 1 heterocycles. The van der Waals surface area contributed by atoms with Crippen LogP contribution in [0, 0.1) is 0 Å². The summed E-state index contributed by atoms with van der Waals surface area (Å²) >= 11 is 0. The maximum Gasteiger partial charge on any atom is 0.243 e. The molecule has 0 aromatic heterocycles. The molecule has 1 unspecified atom stereocenters. The van der Waals surface area contributed by atoms with Crippen LogP contribution in [0.1, 0.15) is 50.2 Å². The highest BCUT2D eigenvalue weighted by molar-refractivity contribution is 5.96. The van der Waals surface area contributed by atoms with Crippen molar-refractivity contribution in [1.29, 1.82) is 0 Å². The highest BCUT2D eigenvalue weighted by atomic mass is 16.2. The minimum atomic E-state index is -0.221. The normalized spacial score (nSPS) is 14.7. The van der Waals surface area contributed by atoms with Gasteiger partial charge in [0.25, 0.3) is 0 Å². The number of ketones is 1. The van der Waals surface area contributed by atoms with Gasteiger partial charge in [-0.15, -0.1) is 0 Å². The van der Waals surface area contributed by atoms with Gasteiger partial charge in [-0.1, -0.05) is 61.9 Å². The van der Waals surface area contributed by atoms with Crippen molar-refractivity contribution in [2.75, 3.05) is 30.4 Å². The Hall–Kier alpha value is -3.34. The fourth-order valence-corrected chi connectivity index (χ4v) is 5.08. The lowest BCUT2D eigenvalue weighted by atomic mass is 10.0. The summed E-state index contributed by atoms with van der Waals surface area (Å²) in [6.07, 6.45) is 4.75. The summed E-state index contributed by atoms with van der Waals surface area (Å²) in [4.78, 5) is 29.2. The van der Waals surface area contributed by atoms with Gasteiger partial charge in [-0.2, -0.15) is 0 Å². The van der Waals surface area contributed by atoms with Crippen LogP contribution in [0.2, 0.25) is 0 Å². The van der Waals surface area contributed by atoms with Gasteiger partial charge in [-0.3, -0.25) is 9.59 Å². The number of hydrogen-bond acceptors (Lipinski definition) is 4. The maximum absolute atomic E-state index is 13.3. The number of para-hydroxylation sites is 1. The Morgan fingerprint density at radius 1 is 0.943 bits per heavy atom. The summed E-state index contributed by atoms with van der Waals surface area (Å²) in [5.74, 6) is 0.402. The highest BCUT2D eigenvalue weighted by Gasteiger charge is 2.34. The van der Waals surface area contributed by atoms with Crippen LogP contribution in [-0.2, 0) is 22.6 Å². The summed E-state index contributed by atoms with van der Waals surface area (Å²) in [5, 5.41) is 5.62. The van der Waals surface area contributed by atoms with Gasteiger partial charge in [0, 0.05) is 63.2 Å². The maximum atomic E-state index is 13.3. The molecule has 5 heteroatoms. The third kappa shape index (κ3) is 5.67. The van der Waals surface area contributed by atoms with Crippen LogP contribution in [0.3, 0.4) is 0 Å². The Bertz CT molecular complexity index is 1190. The van der Waals surface area contributed by atoms with Gasteiger partial charge in [-0.05, 0) is 41.5 Å². The Labute approximate surface area is 209 Å². The second-order valence-electron chi connectivity index (χ2n) is 9.65. The van der Waals surface area contributed by atoms with Gasteiger partial charge in [0.15, 0.2) is 0 Å². The first-order valence-corrected chi connectivity index (χ1v) is 12.8.